The second kappa shape index (κ2) is 9.18. The van der Waals surface area contributed by atoms with E-state index in [1.165, 1.54) is 18.4 Å². The molecule has 2 heterocycles. The van der Waals surface area contributed by atoms with Gasteiger partial charge in [0.25, 0.3) is 0 Å². The van der Waals surface area contributed by atoms with E-state index in [1.807, 2.05) is 35.2 Å². The van der Waals surface area contributed by atoms with E-state index in [4.69, 9.17) is 4.74 Å². The van der Waals surface area contributed by atoms with Crippen molar-refractivity contribution in [3.8, 4) is 5.75 Å². The zero-order valence-electron chi connectivity index (χ0n) is 19.3. The Labute approximate surface area is 195 Å². The Kier molecular flexibility index (Phi) is 6.11. The van der Waals surface area contributed by atoms with E-state index in [2.05, 4.69) is 34.5 Å². The molecule has 2 aliphatic heterocycles. The van der Waals surface area contributed by atoms with Crippen molar-refractivity contribution in [2.24, 2.45) is 17.3 Å². The number of hydrogen-bond acceptors (Lipinski definition) is 4. The largest absolute Gasteiger partial charge is 0.497 e. The molecule has 6 heteroatoms. The first-order valence-electron chi connectivity index (χ1n) is 12.0. The number of hydrogen-bond donors (Lipinski definition) is 1. The van der Waals surface area contributed by atoms with Crippen LogP contribution in [0.1, 0.15) is 24.0 Å². The predicted octanol–water partition coefficient (Wildman–Crippen LogP) is 2.72. The van der Waals surface area contributed by atoms with Gasteiger partial charge in [-0.1, -0.05) is 42.5 Å². The second-order valence-corrected chi connectivity index (χ2v) is 10.0. The minimum atomic E-state index is -0.141. The molecule has 1 unspecified atom stereocenters. The summed E-state index contributed by atoms with van der Waals surface area (Å²) in [5, 5.41) is 3.21. The lowest BCUT2D eigenvalue weighted by Crippen LogP contribution is -2.64. The number of carbonyl (C=O) groups excluding carboxylic acids is 2. The Balaban J connectivity index is 1.23. The van der Waals surface area contributed by atoms with Crippen molar-refractivity contribution in [1.29, 1.82) is 0 Å². The van der Waals surface area contributed by atoms with E-state index in [1.54, 1.807) is 7.11 Å². The molecule has 3 fully saturated rings. The smallest absolute Gasteiger partial charge is 0.227 e. The first kappa shape index (κ1) is 22.0. The fourth-order valence-electron chi connectivity index (χ4n) is 5.33. The Morgan fingerprint density at radius 1 is 1.00 bits per heavy atom. The van der Waals surface area contributed by atoms with Gasteiger partial charge in [0, 0.05) is 44.7 Å². The first-order chi connectivity index (χ1) is 16.0. The summed E-state index contributed by atoms with van der Waals surface area (Å²) >= 11 is 0. The molecule has 2 aromatic rings. The summed E-state index contributed by atoms with van der Waals surface area (Å²) < 4.78 is 5.20. The normalized spacial score (nSPS) is 21.6. The number of benzene rings is 2. The molecule has 1 aliphatic carbocycles. The molecule has 1 atom stereocenters. The van der Waals surface area contributed by atoms with Crippen LogP contribution in [-0.4, -0.2) is 61.4 Å². The fraction of sp³-hybridized carbons (Fsp3) is 0.481. The maximum Gasteiger partial charge on any atom is 0.227 e. The van der Waals surface area contributed by atoms with Crippen molar-refractivity contribution in [1.82, 2.24) is 15.1 Å². The third-order valence-corrected chi connectivity index (χ3v) is 7.42. The fourth-order valence-corrected chi connectivity index (χ4v) is 5.33. The molecule has 174 valence electrons. The highest BCUT2D eigenvalue weighted by atomic mass is 16.5. The van der Waals surface area contributed by atoms with Gasteiger partial charge in [-0.05, 0) is 42.0 Å². The molecule has 5 rings (SSSR count). The molecule has 33 heavy (non-hydrogen) atoms. The van der Waals surface area contributed by atoms with Gasteiger partial charge in [0.05, 0.1) is 19.4 Å². The number of methoxy groups -OCH3 is 1. The average Bonchev–Trinajstić information content (AvgIpc) is 3.56. The second-order valence-electron chi connectivity index (χ2n) is 10.0. The highest BCUT2D eigenvalue weighted by Gasteiger charge is 2.57. The van der Waals surface area contributed by atoms with Crippen molar-refractivity contribution in [2.45, 2.75) is 25.8 Å². The lowest BCUT2D eigenvalue weighted by Gasteiger charge is -2.50. The SMILES string of the molecule is COc1ccc(CC(=O)N2CC3(CN(Cc4ccccc4)CC3C(=O)NCC3CC3)C2)cc1. The zero-order valence-corrected chi connectivity index (χ0v) is 19.3. The summed E-state index contributed by atoms with van der Waals surface area (Å²) in [6.45, 7) is 4.57. The van der Waals surface area contributed by atoms with Crippen molar-refractivity contribution in [3.63, 3.8) is 0 Å². The third kappa shape index (κ3) is 4.91. The number of rotatable bonds is 8. The van der Waals surface area contributed by atoms with Crippen LogP contribution in [0, 0.1) is 17.3 Å². The lowest BCUT2D eigenvalue weighted by atomic mass is 9.71. The van der Waals surface area contributed by atoms with Gasteiger partial charge in [-0.3, -0.25) is 14.5 Å². The number of ether oxygens (including phenoxy) is 1. The monoisotopic (exact) mass is 447 g/mol. The summed E-state index contributed by atoms with van der Waals surface area (Å²) in [4.78, 5) is 30.4. The molecule has 1 spiro atoms. The summed E-state index contributed by atoms with van der Waals surface area (Å²) in [7, 11) is 1.64. The number of carbonyl (C=O) groups is 2. The van der Waals surface area contributed by atoms with Crippen LogP contribution in [0.5, 0.6) is 5.75 Å². The molecular formula is C27H33N3O3. The van der Waals surface area contributed by atoms with Gasteiger partial charge in [-0.2, -0.15) is 0 Å². The van der Waals surface area contributed by atoms with E-state index >= 15 is 0 Å². The van der Waals surface area contributed by atoms with Crippen LogP contribution in [-0.2, 0) is 22.6 Å². The molecule has 1 saturated carbocycles. The van der Waals surface area contributed by atoms with E-state index in [0.717, 1.165) is 37.5 Å². The van der Waals surface area contributed by atoms with Gasteiger partial charge < -0.3 is 15.0 Å². The molecule has 0 bridgehead atoms. The highest BCUT2D eigenvalue weighted by molar-refractivity contribution is 5.83. The topological polar surface area (TPSA) is 61.9 Å². The van der Waals surface area contributed by atoms with Gasteiger partial charge in [0.2, 0.25) is 11.8 Å². The number of nitrogens with one attached hydrogen (secondary N) is 1. The maximum atomic E-state index is 13.2. The van der Waals surface area contributed by atoms with E-state index in [0.29, 0.717) is 25.4 Å². The van der Waals surface area contributed by atoms with Crippen molar-refractivity contribution < 1.29 is 14.3 Å². The molecule has 2 amide bonds. The first-order valence-corrected chi connectivity index (χ1v) is 12.0. The third-order valence-electron chi connectivity index (χ3n) is 7.42. The molecular weight excluding hydrogens is 414 g/mol. The van der Waals surface area contributed by atoms with Gasteiger partial charge in [0.1, 0.15) is 5.75 Å². The molecule has 1 N–H and O–H groups in total. The molecule has 0 radical (unpaired) electrons. The van der Waals surface area contributed by atoms with Gasteiger partial charge in [-0.25, -0.2) is 0 Å². The average molecular weight is 448 g/mol. The highest BCUT2D eigenvalue weighted by Crippen LogP contribution is 2.45. The maximum absolute atomic E-state index is 13.2. The van der Waals surface area contributed by atoms with Crippen molar-refractivity contribution >= 4 is 11.8 Å². The van der Waals surface area contributed by atoms with E-state index in [-0.39, 0.29) is 23.1 Å². The van der Waals surface area contributed by atoms with Crippen LogP contribution in [0.25, 0.3) is 0 Å². The molecule has 3 aliphatic rings. The zero-order chi connectivity index (χ0) is 22.8. The minimum absolute atomic E-state index is 0.0648. The molecule has 0 aromatic heterocycles. The Morgan fingerprint density at radius 3 is 2.39 bits per heavy atom. The quantitative estimate of drug-likeness (QED) is 0.676. The van der Waals surface area contributed by atoms with Crippen LogP contribution in [0.2, 0.25) is 0 Å². The predicted molar refractivity (Wildman–Crippen MR) is 127 cm³/mol. The number of nitrogens with zero attached hydrogens (tertiary/aromatic N) is 2. The van der Waals surface area contributed by atoms with Crippen LogP contribution in [0.3, 0.4) is 0 Å². The van der Waals surface area contributed by atoms with Crippen LogP contribution in [0.4, 0.5) is 0 Å². The van der Waals surface area contributed by atoms with Crippen molar-refractivity contribution in [2.75, 3.05) is 39.8 Å². The van der Waals surface area contributed by atoms with Crippen LogP contribution in [0.15, 0.2) is 54.6 Å². The van der Waals surface area contributed by atoms with Crippen molar-refractivity contribution in [3.05, 3.63) is 65.7 Å². The summed E-state index contributed by atoms with van der Waals surface area (Å²) in [6.07, 6.45) is 2.83. The van der Waals surface area contributed by atoms with E-state index in [9.17, 15) is 9.59 Å². The molecule has 2 saturated heterocycles. The molecule has 2 aromatic carbocycles. The van der Waals surface area contributed by atoms with E-state index < -0.39 is 0 Å². The molecule has 6 nitrogen and oxygen atoms in total. The van der Waals surface area contributed by atoms with Crippen LogP contribution < -0.4 is 10.1 Å². The Hall–Kier alpha value is -2.86. The Morgan fingerprint density at radius 2 is 1.73 bits per heavy atom. The van der Waals surface area contributed by atoms with Gasteiger partial charge >= 0.3 is 0 Å². The summed E-state index contributed by atoms with van der Waals surface area (Å²) in [5.41, 5.74) is 2.11. The Bertz CT molecular complexity index is 981. The number of amides is 2. The van der Waals surface area contributed by atoms with Crippen LogP contribution >= 0.6 is 0 Å². The van der Waals surface area contributed by atoms with Gasteiger partial charge in [0.15, 0.2) is 0 Å². The lowest BCUT2D eigenvalue weighted by molar-refractivity contribution is -0.149. The summed E-state index contributed by atoms with van der Waals surface area (Å²) in [6, 6.07) is 18.1. The minimum Gasteiger partial charge on any atom is -0.497 e. The van der Waals surface area contributed by atoms with Gasteiger partial charge in [-0.15, -0.1) is 0 Å². The standard InChI is InChI=1S/C27H33N3O3/c1-33-23-11-9-20(10-12-23)13-25(31)30-18-27(19-30)17-29(15-22-5-3-2-4-6-22)16-24(27)26(32)28-14-21-7-8-21/h2-6,9-12,21,24H,7-8,13-19H2,1H3,(H,28,32). The number of likely N-dealkylation sites (tertiary alicyclic amines) is 2. The summed E-state index contributed by atoms with van der Waals surface area (Å²) in [5.74, 6) is 1.68.